The Morgan fingerprint density at radius 2 is 1.97 bits per heavy atom. The molecule has 0 bridgehead atoms. The van der Waals surface area contributed by atoms with E-state index in [1.807, 2.05) is 0 Å². The average Bonchev–Trinajstić information content (AvgIpc) is 2.90. The number of ether oxygens (including phenoxy) is 2. The van der Waals surface area contributed by atoms with Crippen LogP contribution in [0.15, 0.2) is 45.4 Å². The molecule has 194 valence electrons. The lowest BCUT2D eigenvalue weighted by molar-refractivity contribution is 0.0313. The zero-order valence-electron chi connectivity index (χ0n) is 21.0. The summed E-state index contributed by atoms with van der Waals surface area (Å²) in [5.41, 5.74) is 5.60. The molecule has 0 saturated heterocycles. The molecular weight excluding hydrogens is 467 g/mol. The summed E-state index contributed by atoms with van der Waals surface area (Å²) >= 11 is 6.22. The molecule has 0 aromatic carbocycles. The minimum atomic E-state index is -0.151. The molecule has 0 fully saturated rings. The predicted octanol–water partition coefficient (Wildman–Crippen LogP) is 4.12. The summed E-state index contributed by atoms with van der Waals surface area (Å²) in [5.74, 6) is 0.332. The van der Waals surface area contributed by atoms with Crippen LogP contribution in [0.25, 0.3) is 0 Å². The third kappa shape index (κ3) is 5.86. The molecule has 5 rings (SSSR count). The highest BCUT2D eigenvalue weighted by Gasteiger charge is 2.37. The fourth-order valence-corrected chi connectivity index (χ4v) is 6.61. The molecule has 6 atom stereocenters. The van der Waals surface area contributed by atoms with E-state index in [2.05, 4.69) is 33.4 Å². The van der Waals surface area contributed by atoms with Crippen LogP contribution < -0.4 is 21.3 Å². The lowest BCUT2D eigenvalue weighted by Crippen LogP contribution is -2.62. The molecular formula is C27H40ClFN4O2. The van der Waals surface area contributed by atoms with E-state index >= 15 is 0 Å². The molecule has 0 aromatic heterocycles. The second kappa shape index (κ2) is 11.4. The molecule has 0 amide bonds. The Kier molecular flexibility index (Phi) is 8.32. The Balaban J connectivity index is 1.37. The van der Waals surface area contributed by atoms with Gasteiger partial charge in [0.25, 0.3) is 0 Å². The first-order valence-corrected chi connectivity index (χ1v) is 13.6. The maximum atomic E-state index is 13.9. The second-order valence-corrected chi connectivity index (χ2v) is 11.1. The van der Waals surface area contributed by atoms with Gasteiger partial charge in [0, 0.05) is 51.8 Å². The molecule has 4 N–H and O–H groups in total. The van der Waals surface area contributed by atoms with Gasteiger partial charge in [0.05, 0.1) is 23.4 Å². The normalized spacial score (nSPS) is 36.3. The van der Waals surface area contributed by atoms with Crippen LogP contribution in [0.1, 0.15) is 57.8 Å². The van der Waals surface area contributed by atoms with E-state index in [1.165, 1.54) is 22.4 Å². The summed E-state index contributed by atoms with van der Waals surface area (Å²) in [4.78, 5) is 0. The van der Waals surface area contributed by atoms with Crippen LogP contribution in [-0.4, -0.2) is 57.9 Å². The van der Waals surface area contributed by atoms with E-state index in [4.69, 9.17) is 21.1 Å². The zero-order valence-corrected chi connectivity index (χ0v) is 21.7. The van der Waals surface area contributed by atoms with Crippen LogP contribution in [0.4, 0.5) is 4.39 Å². The van der Waals surface area contributed by atoms with E-state index in [0.29, 0.717) is 23.8 Å². The van der Waals surface area contributed by atoms with E-state index in [1.54, 1.807) is 14.2 Å². The van der Waals surface area contributed by atoms with Crippen molar-refractivity contribution in [3.05, 3.63) is 45.4 Å². The highest BCUT2D eigenvalue weighted by atomic mass is 35.5. The molecule has 2 unspecified atom stereocenters. The Bertz CT molecular complexity index is 917. The van der Waals surface area contributed by atoms with Gasteiger partial charge in [-0.15, -0.1) is 0 Å². The molecule has 8 heteroatoms. The molecule has 0 saturated carbocycles. The van der Waals surface area contributed by atoms with Crippen LogP contribution in [0, 0.1) is 5.92 Å². The van der Waals surface area contributed by atoms with Crippen molar-refractivity contribution in [3.8, 4) is 0 Å². The van der Waals surface area contributed by atoms with Gasteiger partial charge in [-0.2, -0.15) is 0 Å². The highest BCUT2D eigenvalue weighted by Crippen LogP contribution is 2.40. The molecule has 0 radical (unpaired) electrons. The molecule has 6 nitrogen and oxygen atoms in total. The Morgan fingerprint density at radius 3 is 2.71 bits per heavy atom. The number of rotatable bonds is 6. The van der Waals surface area contributed by atoms with Gasteiger partial charge in [-0.25, -0.2) is 4.39 Å². The summed E-state index contributed by atoms with van der Waals surface area (Å²) in [6.45, 7) is 1.93. The number of methoxy groups -OCH3 is 2. The first-order chi connectivity index (χ1) is 17.0. The monoisotopic (exact) mass is 506 g/mol. The van der Waals surface area contributed by atoms with Crippen molar-refractivity contribution in [2.75, 3.05) is 27.3 Å². The van der Waals surface area contributed by atoms with Crippen molar-refractivity contribution in [2.24, 2.45) is 5.92 Å². The molecule has 2 heterocycles. The van der Waals surface area contributed by atoms with Crippen molar-refractivity contribution in [3.63, 3.8) is 0 Å². The summed E-state index contributed by atoms with van der Waals surface area (Å²) in [7, 11) is 3.59. The van der Waals surface area contributed by atoms with Crippen molar-refractivity contribution in [1.29, 1.82) is 0 Å². The topological polar surface area (TPSA) is 66.6 Å². The number of nitrogens with one attached hydrogen (secondary N) is 4. The van der Waals surface area contributed by atoms with Gasteiger partial charge in [-0.05, 0) is 62.1 Å². The lowest BCUT2D eigenvalue weighted by atomic mass is 9.76. The van der Waals surface area contributed by atoms with E-state index in [9.17, 15) is 4.39 Å². The van der Waals surface area contributed by atoms with Crippen LogP contribution >= 0.6 is 11.6 Å². The standard InChI is InChI=1S/C27H40ClFN4O2/c1-34-20-10-18(11-21(14-20)35-2)16-5-8-25-22(12-16)27(31-19-6-7-24(29)23(28)13-19)33-26(32-25)17-4-3-9-30-15-17/h4,10,16,19-21,26-27,30-33H,3,5-9,11-15H2,1-2H3/t16-,19+,20+,21-,26?,27?/m1/s1. The summed E-state index contributed by atoms with van der Waals surface area (Å²) in [5, 5.41) is 15.4. The smallest absolute Gasteiger partial charge is 0.114 e. The zero-order chi connectivity index (χ0) is 24.4. The van der Waals surface area contributed by atoms with Crippen LogP contribution in [-0.2, 0) is 9.47 Å². The first kappa shape index (κ1) is 25.4. The van der Waals surface area contributed by atoms with E-state index in [-0.39, 0.29) is 36.4 Å². The molecule has 5 aliphatic rings. The van der Waals surface area contributed by atoms with Gasteiger partial charge in [0.1, 0.15) is 12.0 Å². The minimum Gasteiger partial charge on any atom is -0.381 e. The summed E-state index contributed by atoms with van der Waals surface area (Å²) in [6, 6.07) is 0.162. The Labute approximate surface area is 213 Å². The molecule has 0 spiro atoms. The molecule has 3 aliphatic carbocycles. The largest absolute Gasteiger partial charge is 0.381 e. The Morgan fingerprint density at radius 1 is 1.09 bits per heavy atom. The van der Waals surface area contributed by atoms with Crippen LogP contribution in [0.3, 0.4) is 0 Å². The maximum absolute atomic E-state index is 13.9. The SMILES string of the molecule is CO[C@@H]1CC([C@@H]2CCC3=C(C2)C(N[C@H]2CCC(F)=C(Cl)C2)NC(C2=CCCNC2)N3)=C[C@H](OC)C1. The van der Waals surface area contributed by atoms with Crippen LogP contribution in [0.2, 0.25) is 0 Å². The van der Waals surface area contributed by atoms with Gasteiger partial charge < -0.3 is 20.1 Å². The lowest BCUT2D eigenvalue weighted by Gasteiger charge is -2.44. The van der Waals surface area contributed by atoms with E-state index in [0.717, 1.165) is 58.0 Å². The first-order valence-electron chi connectivity index (χ1n) is 13.2. The van der Waals surface area contributed by atoms with Gasteiger partial charge in [-0.3, -0.25) is 10.6 Å². The number of halogens is 2. The highest BCUT2D eigenvalue weighted by molar-refractivity contribution is 6.29. The van der Waals surface area contributed by atoms with E-state index < -0.39 is 0 Å². The van der Waals surface area contributed by atoms with Crippen molar-refractivity contribution in [1.82, 2.24) is 21.3 Å². The second-order valence-electron chi connectivity index (χ2n) is 10.6. The fourth-order valence-electron chi connectivity index (χ4n) is 6.33. The van der Waals surface area contributed by atoms with Gasteiger partial charge in [-0.1, -0.05) is 29.3 Å². The van der Waals surface area contributed by atoms with Crippen molar-refractivity contribution < 1.29 is 13.9 Å². The van der Waals surface area contributed by atoms with Gasteiger partial charge in [0.2, 0.25) is 0 Å². The van der Waals surface area contributed by atoms with Crippen LogP contribution in [0.5, 0.6) is 0 Å². The quantitative estimate of drug-likeness (QED) is 0.406. The predicted molar refractivity (Wildman–Crippen MR) is 137 cm³/mol. The van der Waals surface area contributed by atoms with Gasteiger partial charge in [0.15, 0.2) is 0 Å². The number of hydrogen-bond acceptors (Lipinski definition) is 6. The Hall–Kier alpha value is -1.22. The summed E-state index contributed by atoms with van der Waals surface area (Å²) < 4.78 is 25.4. The third-order valence-corrected chi connectivity index (χ3v) is 8.74. The molecule has 2 aliphatic heterocycles. The van der Waals surface area contributed by atoms with Crippen molar-refractivity contribution >= 4 is 11.6 Å². The fraction of sp³-hybridized carbons (Fsp3) is 0.704. The number of allylic oxidation sites excluding steroid dienone is 2. The maximum Gasteiger partial charge on any atom is 0.114 e. The number of hydrogen-bond donors (Lipinski definition) is 4. The van der Waals surface area contributed by atoms with Crippen molar-refractivity contribution in [2.45, 2.75) is 88.4 Å². The molecule has 0 aromatic rings. The minimum absolute atomic E-state index is 0.0399. The summed E-state index contributed by atoms with van der Waals surface area (Å²) in [6.07, 6.45) is 13.0. The molecule has 35 heavy (non-hydrogen) atoms. The average molecular weight is 507 g/mol. The third-order valence-electron chi connectivity index (χ3n) is 8.38. The van der Waals surface area contributed by atoms with Gasteiger partial charge >= 0.3 is 0 Å².